The molecule has 0 radical (unpaired) electrons. The Balaban J connectivity index is 1.87. The normalized spacial score (nSPS) is 11.3. The van der Waals surface area contributed by atoms with Crippen LogP contribution in [0, 0.1) is 0 Å². The summed E-state index contributed by atoms with van der Waals surface area (Å²) in [5, 5.41) is 8.30. The van der Waals surface area contributed by atoms with Gasteiger partial charge in [-0.1, -0.05) is 43.3 Å². The minimum atomic E-state index is 0.385. The zero-order valence-electron chi connectivity index (χ0n) is 11.5. The smallest absolute Gasteiger partial charge is 0.276 e. The number of benzene rings is 1. The fourth-order valence-electron chi connectivity index (χ4n) is 1.91. The Morgan fingerprint density at radius 2 is 1.95 bits per heavy atom. The molecule has 1 aromatic carbocycles. The van der Waals surface area contributed by atoms with Crippen molar-refractivity contribution in [2.45, 2.75) is 26.4 Å². The van der Waals surface area contributed by atoms with Crippen LogP contribution in [0.15, 0.2) is 40.9 Å². The summed E-state index contributed by atoms with van der Waals surface area (Å²) in [7, 11) is 0. The van der Waals surface area contributed by atoms with Gasteiger partial charge in [0.05, 0.1) is 12.1 Å². The molecule has 1 N–H and O–H groups in total. The molecule has 3 aromatic rings. The zero-order chi connectivity index (χ0) is 13.9. The molecule has 0 saturated carbocycles. The van der Waals surface area contributed by atoms with Crippen LogP contribution in [-0.4, -0.2) is 21.2 Å². The van der Waals surface area contributed by atoms with Gasteiger partial charge in [-0.2, -0.15) is 4.98 Å². The fourth-order valence-corrected chi connectivity index (χ4v) is 1.91. The van der Waals surface area contributed by atoms with Gasteiger partial charge in [0, 0.05) is 11.4 Å². The Morgan fingerprint density at radius 1 is 1.10 bits per heavy atom. The minimum absolute atomic E-state index is 0.385. The quantitative estimate of drug-likeness (QED) is 0.788. The largest absolute Gasteiger partial charge is 0.332 e. The molecule has 0 saturated heterocycles. The van der Waals surface area contributed by atoms with Gasteiger partial charge in [-0.25, -0.2) is 4.98 Å². The van der Waals surface area contributed by atoms with E-state index in [4.69, 9.17) is 4.52 Å². The molecule has 0 bridgehead atoms. The first-order valence-corrected chi connectivity index (χ1v) is 6.64. The predicted octanol–water partition coefficient (Wildman–Crippen LogP) is 2.78. The number of nitrogens with one attached hydrogen (secondary N) is 1. The van der Waals surface area contributed by atoms with Crippen LogP contribution in [0.3, 0.4) is 0 Å². The summed E-state index contributed by atoms with van der Waals surface area (Å²) in [5.74, 6) is 1.10. The van der Waals surface area contributed by atoms with E-state index in [1.54, 1.807) is 0 Å². The average molecular weight is 268 g/mol. The molecule has 0 aliphatic carbocycles. The van der Waals surface area contributed by atoms with Crippen LogP contribution < -0.4 is 5.32 Å². The van der Waals surface area contributed by atoms with E-state index in [-0.39, 0.29) is 0 Å². The molecule has 3 rings (SSSR count). The Kier molecular flexibility index (Phi) is 3.43. The van der Waals surface area contributed by atoms with E-state index >= 15 is 0 Å². The topological polar surface area (TPSA) is 63.8 Å². The van der Waals surface area contributed by atoms with Crippen LogP contribution >= 0.6 is 0 Å². The number of nitrogens with zero attached hydrogens (tertiary/aromatic N) is 3. The number of rotatable bonds is 4. The molecule has 0 aliphatic rings. The fraction of sp³-hybridized carbons (Fsp3) is 0.267. The monoisotopic (exact) mass is 268 g/mol. The highest BCUT2D eigenvalue weighted by Gasteiger charge is 2.10. The second-order valence-corrected chi connectivity index (χ2v) is 4.94. The van der Waals surface area contributed by atoms with Crippen molar-refractivity contribution in [3.8, 4) is 11.6 Å². The lowest BCUT2D eigenvalue weighted by Crippen LogP contribution is -2.22. The zero-order valence-corrected chi connectivity index (χ0v) is 11.5. The highest BCUT2D eigenvalue weighted by Crippen LogP contribution is 2.19. The molecular weight excluding hydrogens is 252 g/mol. The first-order valence-electron chi connectivity index (χ1n) is 6.64. The van der Waals surface area contributed by atoms with Crippen molar-refractivity contribution in [2.75, 3.05) is 0 Å². The number of para-hydroxylation sites is 1. The third-order valence-corrected chi connectivity index (χ3v) is 2.95. The second-order valence-electron chi connectivity index (χ2n) is 4.94. The molecule has 0 aliphatic heterocycles. The number of aromatic nitrogens is 3. The Labute approximate surface area is 117 Å². The summed E-state index contributed by atoms with van der Waals surface area (Å²) in [6, 6.07) is 12.2. The molecule has 2 heterocycles. The molecule has 0 amide bonds. The highest BCUT2D eigenvalue weighted by molar-refractivity contribution is 5.80. The standard InChI is InChI=1S/C15H16N4O/c1-10(2)16-9-14-18-15(20-19-14)13-8-7-11-5-3-4-6-12(11)17-13/h3-8,10,16H,9H2,1-2H3. The Morgan fingerprint density at radius 3 is 2.80 bits per heavy atom. The van der Waals surface area contributed by atoms with Crippen molar-refractivity contribution in [1.29, 1.82) is 0 Å². The summed E-state index contributed by atoms with van der Waals surface area (Å²) in [6.07, 6.45) is 0. The number of pyridine rings is 1. The lowest BCUT2D eigenvalue weighted by molar-refractivity contribution is 0.416. The van der Waals surface area contributed by atoms with Crippen molar-refractivity contribution in [3.05, 3.63) is 42.2 Å². The molecule has 0 fully saturated rings. The second kappa shape index (κ2) is 5.38. The minimum Gasteiger partial charge on any atom is -0.332 e. The molecule has 5 heteroatoms. The van der Waals surface area contributed by atoms with Gasteiger partial charge in [-0.3, -0.25) is 0 Å². The van der Waals surface area contributed by atoms with Crippen molar-refractivity contribution < 1.29 is 4.52 Å². The molecule has 0 unspecified atom stereocenters. The van der Waals surface area contributed by atoms with E-state index in [1.165, 1.54) is 0 Å². The number of hydrogen-bond acceptors (Lipinski definition) is 5. The van der Waals surface area contributed by atoms with Crippen LogP contribution in [0.1, 0.15) is 19.7 Å². The van der Waals surface area contributed by atoms with Gasteiger partial charge in [-0.15, -0.1) is 0 Å². The lowest BCUT2D eigenvalue weighted by Gasteiger charge is -2.03. The number of fused-ring (bicyclic) bond motifs is 1. The van der Waals surface area contributed by atoms with Gasteiger partial charge < -0.3 is 9.84 Å². The Hall–Kier alpha value is -2.27. The molecule has 102 valence electrons. The Bertz CT molecular complexity index is 720. The third kappa shape index (κ3) is 2.67. The van der Waals surface area contributed by atoms with Crippen LogP contribution in [0.5, 0.6) is 0 Å². The van der Waals surface area contributed by atoms with E-state index in [0.29, 0.717) is 30.0 Å². The van der Waals surface area contributed by atoms with E-state index < -0.39 is 0 Å². The SMILES string of the molecule is CC(C)NCc1noc(-c2ccc3ccccc3n2)n1. The van der Waals surface area contributed by atoms with Crippen LogP contribution in [0.2, 0.25) is 0 Å². The summed E-state index contributed by atoms with van der Waals surface area (Å²) < 4.78 is 5.27. The lowest BCUT2D eigenvalue weighted by atomic mass is 10.2. The van der Waals surface area contributed by atoms with Crippen molar-refractivity contribution in [1.82, 2.24) is 20.4 Å². The maximum Gasteiger partial charge on any atom is 0.276 e. The first-order chi connectivity index (χ1) is 9.72. The van der Waals surface area contributed by atoms with Crippen molar-refractivity contribution >= 4 is 10.9 Å². The van der Waals surface area contributed by atoms with Gasteiger partial charge in [-0.05, 0) is 12.1 Å². The van der Waals surface area contributed by atoms with Crippen LogP contribution in [-0.2, 0) is 6.54 Å². The molecule has 2 aromatic heterocycles. The maximum absolute atomic E-state index is 5.27. The molecular formula is C15H16N4O. The highest BCUT2D eigenvalue weighted by atomic mass is 16.5. The number of hydrogen-bond donors (Lipinski definition) is 1. The summed E-state index contributed by atoms with van der Waals surface area (Å²) in [5.41, 5.74) is 1.62. The van der Waals surface area contributed by atoms with Crippen molar-refractivity contribution in [3.63, 3.8) is 0 Å². The van der Waals surface area contributed by atoms with E-state index in [0.717, 1.165) is 10.9 Å². The third-order valence-electron chi connectivity index (χ3n) is 2.95. The van der Waals surface area contributed by atoms with E-state index in [2.05, 4.69) is 34.3 Å². The summed E-state index contributed by atoms with van der Waals surface area (Å²) >= 11 is 0. The van der Waals surface area contributed by atoms with Gasteiger partial charge in [0.25, 0.3) is 5.89 Å². The molecule has 0 spiro atoms. The van der Waals surface area contributed by atoms with Gasteiger partial charge >= 0.3 is 0 Å². The summed E-state index contributed by atoms with van der Waals surface area (Å²) in [4.78, 5) is 8.89. The maximum atomic E-state index is 5.27. The van der Waals surface area contributed by atoms with Gasteiger partial charge in [0.15, 0.2) is 5.82 Å². The van der Waals surface area contributed by atoms with E-state index in [9.17, 15) is 0 Å². The molecule has 20 heavy (non-hydrogen) atoms. The van der Waals surface area contributed by atoms with Crippen LogP contribution in [0.4, 0.5) is 0 Å². The van der Waals surface area contributed by atoms with E-state index in [1.807, 2.05) is 36.4 Å². The molecule has 5 nitrogen and oxygen atoms in total. The van der Waals surface area contributed by atoms with Crippen molar-refractivity contribution in [2.24, 2.45) is 0 Å². The van der Waals surface area contributed by atoms with Gasteiger partial charge in [0.2, 0.25) is 0 Å². The molecule has 0 atom stereocenters. The average Bonchev–Trinajstić information content (AvgIpc) is 2.93. The van der Waals surface area contributed by atoms with Gasteiger partial charge in [0.1, 0.15) is 5.69 Å². The summed E-state index contributed by atoms with van der Waals surface area (Å²) in [6.45, 7) is 4.74. The van der Waals surface area contributed by atoms with Crippen LogP contribution in [0.25, 0.3) is 22.5 Å². The predicted molar refractivity (Wildman–Crippen MR) is 77.0 cm³/mol. The first kappa shape index (κ1) is 12.7.